The molecule has 2 fully saturated rings. The minimum Gasteiger partial charge on any atom is -0.381 e. The van der Waals surface area contributed by atoms with Gasteiger partial charge in [0, 0.05) is 37.1 Å². The van der Waals surface area contributed by atoms with Crippen LogP contribution in [0.15, 0.2) is 0 Å². The first-order valence-electron chi connectivity index (χ1n) is 6.65. The number of rotatable bonds is 6. The van der Waals surface area contributed by atoms with Crippen molar-refractivity contribution in [2.24, 2.45) is 0 Å². The van der Waals surface area contributed by atoms with Crippen molar-refractivity contribution >= 4 is 11.3 Å². The van der Waals surface area contributed by atoms with Gasteiger partial charge in [-0.2, -0.15) is 0 Å². The highest BCUT2D eigenvalue weighted by Crippen LogP contribution is 2.31. The molecule has 1 aromatic rings. The van der Waals surface area contributed by atoms with E-state index in [2.05, 4.69) is 5.32 Å². The van der Waals surface area contributed by atoms with Gasteiger partial charge in [0.05, 0.1) is 23.9 Å². The molecule has 1 N–H and O–H groups in total. The summed E-state index contributed by atoms with van der Waals surface area (Å²) in [6.07, 6.45) is 3.75. The van der Waals surface area contributed by atoms with Crippen molar-refractivity contribution in [3.8, 4) is 0 Å². The Morgan fingerprint density at radius 2 is 2.33 bits per heavy atom. The first-order chi connectivity index (χ1) is 8.86. The summed E-state index contributed by atoms with van der Waals surface area (Å²) in [6, 6.07) is 0.737. The molecule has 1 saturated carbocycles. The Morgan fingerprint density at radius 1 is 1.44 bits per heavy atom. The Labute approximate surface area is 112 Å². The van der Waals surface area contributed by atoms with E-state index in [9.17, 15) is 0 Å². The van der Waals surface area contributed by atoms with Crippen LogP contribution in [-0.4, -0.2) is 31.3 Å². The maximum absolute atomic E-state index is 5.45. The summed E-state index contributed by atoms with van der Waals surface area (Å²) >= 11 is 1.83. The van der Waals surface area contributed by atoms with Crippen LogP contribution in [0.3, 0.4) is 0 Å². The fourth-order valence-corrected chi connectivity index (χ4v) is 3.36. The highest BCUT2D eigenvalue weighted by atomic mass is 32.1. The molecule has 1 aliphatic heterocycles. The van der Waals surface area contributed by atoms with Crippen molar-refractivity contribution in [2.45, 2.75) is 44.4 Å². The van der Waals surface area contributed by atoms with Crippen molar-refractivity contribution in [3.63, 3.8) is 0 Å². The molecule has 1 aliphatic carbocycles. The molecule has 18 heavy (non-hydrogen) atoms. The van der Waals surface area contributed by atoms with Gasteiger partial charge in [-0.3, -0.25) is 0 Å². The molecule has 0 aromatic carbocycles. The van der Waals surface area contributed by atoms with Crippen LogP contribution >= 0.6 is 11.3 Å². The second-order valence-electron chi connectivity index (χ2n) is 5.07. The van der Waals surface area contributed by atoms with E-state index in [1.165, 1.54) is 22.7 Å². The molecule has 0 radical (unpaired) electrons. The number of nitrogens with zero attached hydrogens (tertiary/aromatic N) is 1. The van der Waals surface area contributed by atoms with Crippen LogP contribution in [0, 0.1) is 0 Å². The normalized spacial score (nSPS) is 23.7. The van der Waals surface area contributed by atoms with Gasteiger partial charge in [0.1, 0.15) is 0 Å². The molecule has 1 saturated heterocycles. The molecule has 2 aliphatic rings. The second-order valence-corrected chi connectivity index (χ2v) is 6.19. The molecular weight excluding hydrogens is 248 g/mol. The van der Waals surface area contributed by atoms with E-state index in [0.717, 1.165) is 37.9 Å². The Morgan fingerprint density at radius 3 is 3.00 bits per heavy atom. The Bertz CT molecular complexity index is 398. The summed E-state index contributed by atoms with van der Waals surface area (Å²) in [5, 5.41) is 4.79. The lowest BCUT2D eigenvalue weighted by Crippen LogP contribution is -2.15. The van der Waals surface area contributed by atoms with Crippen LogP contribution in [-0.2, 0) is 22.6 Å². The topological polar surface area (TPSA) is 43.4 Å². The van der Waals surface area contributed by atoms with E-state index >= 15 is 0 Å². The van der Waals surface area contributed by atoms with Crippen molar-refractivity contribution in [1.82, 2.24) is 10.3 Å². The van der Waals surface area contributed by atoms with Gasteiger partial charge in [-0.15, -0.1) is 11.3 Å². The van der Waals surface area contributed by atoms with Gasteiger partial charge in [0.15, 0.2) is 0 Å². The number of hydrogen-bond donors (Lipinski definition) is 1. The van der Waals surface area contributed by atoms with Gasteiger partial charge in [0.25, 0.3) is 0 Å². The third-order valence-electron chi connectivity index (χ3n) is 3.48. The van der Waals surface area contributed by atoms with E-state index in [1.807, 2.05) is 11.3 Å². The molecule has 1 atom stereocenters. The summed E-state index contributed by atoms with van der Waals surface area (Å²) in [4.78, 5) is 6.09. The smallest absolute Gasteiger partial charge is 0.0987 e. The molecule has 100 valence electrons. The molecule has 5 heteroatoms. The summed E-state index contributed by atoms with van der Waals surface area (Å²) in [5.74, 6) is 0.500. The van der Waals surface area contributed by atoms with Crippen molar-refractivity contribution in [1.29, 1.82) is 0 Å². The SMILES string of the molecule is COCc1nc(C2CCOC2)sc1CNC1CC1. The van der Waals surface area contributed by atoms with Crippen molar-refractivity contribution in [3.05, 3.63) is 15.6 Å². The van der Waals surface area contributed by atoms with Gasteiger partial charge < -0.3 is 14.8 Å². The zero-order valence-corrected chi connectivity index (χ0v) is 11.6. The van der Waals surface area contributed by atoms with E-state index in [1.54, 1.807) is 7.11 Å². The molecule has 1 unspecified atom stereocenters. The van der Waals surface area contributed by atoms with Gasteiger partial charge in [0.2, 0.25) is 0 Å². The fourth-order valence-electron chi connectivity index (χ4n) is 2.22. The highest BCUT2D eigenvalue weighted by Gasteiger charge is 2.25. The van der Waals surface area contributed by atoms with Crippen LogP contribution in [0.4, 0.5) is 0 Å². The number of ether oxygens (including phenoxy) is 2. The fraction of sp³-hybridized carbons (Fsp3) is 0.769. The lowest BCUT2D eigenvalue weighted by atomic mass is 10.1. The number of hydrogen-bond acceptors (Lipinski definition) is 5. The zero-order valence-electron chi connectivity index (χ0n) is 10.8. The summed E-state index contributed by atoms with van der Waals surface area (Å²) in [6.45, 7) is 3.26. The Hall–Kier alpha value is -0.490. The molecule has 4 nitrogen and oxygen atoms in total. The third-order valence-corrected chi connectivity index (χ3v) is 4.74. The molecule has 0 spiro atoms. The quantitative estimate of drug-likeness (QED) is 0.857. The van der Waals surface area contributed by atoms with Crippen molar-refractivity contribution < 1.29 is 9.47 Å². The third kappa shape index (κ3) is 2.91. The van der Waals surface area contributed by atoms with E-state index in [4.69, 9.17) is 14.5 Å². The maximum Gasteiger partial charge on any atom is 0.0987 e. The minimum absolute atomic E-state index is 0.500. The Balaban J connectivity index is 1.71. The predicted molar refractivity (Wildman–Crippen MR) is 70.9 cm³/mol. The second kappa shape index (κ2) is 5.65. The molecule has 2 heterocycles. The van der Waals surface area contributed by atoms with E-state index in [-0.39, 0.29) is 0 Å². The largest absolute Gasteiger partial charge is 0.381 e. The predicted octanol–water partition coefficient (Wildman–Crippen LogP) is 2.05. The zero-order chi connectivity index (χ0) is 12.4. The van der Waals surface area contributed by atoms with E-state index < -0.39 is 0 Å². The Kier molecular flexibility index (Phi) is 3.94. The lowest BCUT2D eigenvalue weighted by molar-refractivity contribution is 0.180. The van der Waals surface area contributed by atoms with Gasteiger partial charge in [-0.05, 0) is 19.3 Å². The van der Waals surface area contributed by atoms with E-state index in [0.29, 0.717) is 12.5 Å². The van der Waals surface area contributed by atoms with Crippen LogP contribution in [0.25, 0.3) is 0 Å². The molecule has 1 aromatic heterocycles. The maximum atomic E-state index is 5.45. The number of aromatic nitrogens is 1. The number of thiazole rings is 1. The van der Waals surface area contributed by atoms with Crippen LogP contribution in [0.1, 0.15) is 40.8 Å². The lowest BCUT2D eigenvalue weighted by Gasteiger charge is -2.02. The number of methoxy groups -OCH3 is 1. The molecule has 3 rings (SSSR count). The van der Waals surface area contributed by atoms with Crippen LogP contribution in [0.2, 0.25) is 0 Å². The average molecular weight is 268 g/mol. The molecular formula is C13H20N2O2S. The first-order valence-corrected chi connectivity index (χ1v) is 7.47. The monoisotopic (exact) mass is 268 g/mol. The highest BCUT2D eigenvalue weighted by molar-refractivity contribution is 7.11. The average Bonchev–Trinajstić information content (AvgIpc) is 2.90. The van der Waals surface area contributed by atoms with Crippen LogP contribution < -0.4 is 5.32 Å². The summed E-state index contributed by atoms with van der Waals surface area (Å²) in [5.41, 5.74) is 1.11. The molecule has 0 bridgehead atoms. The molecule has 0 amide bonds. The van der Waals surface area contributed by atoms with Crippen molar-refractivity contribution in [2.75, 3.05) is 20.3 Å². The number of nitrogens with one attached hydrogen (secondary N) is 1. The van der Waals surface area contributed by atoms with Gasteiger partial charge >= 0.3 is 0 Å². The van der Waals surface area contributed by atoms with Crippen LogP contribution in [0.5, 0.6) is 0 Å². The first kappa shape index (κ1) is 12.5. The summed E-state index contributed by atoms with van der Waals surface area (Å²) in [7, 11) is 1.73. The standard InChI is InChI=1S/C13H20N2O2S/c1-16-8-11-12(6-14-10-2-3-10)18-13(15-11)9-4-5-17-7-9/h9-10,14H,2-8H2,1H3. The van der Waals surface area contributed by atoms with Gasteiger partial charge in [-0.25, -0.2) is 4.98 Å². The summed E-state index contributed by atoms with van der Waals surface area (Å²) < 4.78 is 10.7. The minimum atomic E-state index is 0.500. The van der Waals surface area contributed by atoms with Gasteiger partial charge in [-0.1, -0.05) is 0 Å².